The van der Waals surface area contributed by atoms with Gasteiger partial charge < -0.3 is 14.3 Å². The zero-order valence-corrected chi connectivity index (χ0v) is 13.5. The molecule has 5 heteroatoms. The molecule has 24 heavy (non-hydrogen) atoms. The summed E-state index contributed by atoms with van der Waals surface area (Å²) < 4.78 is 7.30. The van der Waals surface area contributed by atoms with E-state index in [-0.39, 0.29) is 5.91 Å². The van der Waals surface area contributed by atoms with Crippen LogP contribution in [-0.2, 0) is 18.3 Å². The Morgan fingerprint density at radius 1 is 1.25 bits per heavy atom. The van der Waals surface area contributed by atoms with Crippen molar-refractivity contribution in [3.05, 3.63) is 72.4 Å². The topological polar surface area (TPSA) is 60.1 Å². The molecular formula is C19H19N3O2. The number of hydrogen-bond acceptors (Lipinski definition) is 3. The maximum Gasteiger partial charge on any atom is 0.244 e. The summed E-state index contributed by atoms with van der Waals surface area (Å²) in [6.07, 6.45) is 7.55. The minimum Gasteiger partial charge on any atom is -0.463 e. The summed E-state index contributed by atoms with van der Waals surface area (Å²) in [4.78, 5) is 16.4. The summed E-state index contributed by atoms with van der Waals surface area (Å²) in [7, 11) is 1.94. The normalized spacial score (nSPS) is 11.0. The Balaban J connectivity index is 1.51. The lowest BCUT2D eigenvalue weighted by molar-refractivity contribution is -0.116. The fourth-order valence-electron chi connectivity index (χ4n) is 2.37. The van der Waals surface area contributed by atoms with Crippen LogP contribution in [0.4, 0.5) is 0 Å². The number of furan rings is 1. The third kappa shape index (κ3) is 4.01. The van der Waals surface area contributed by atoms with Crippen LogP contribution in [0.3, 0.4) is 0 Å². The van der Waals surface area contributed by atoms with Gasteiger partial charge in [0.15, 0.2) is 5.76 Å². The van der Waals surface area contributed by atoms with E-state index < -0.39 is 0 Å². The van der Waals surface area contributed by atoms with Gasteiger partial charge in [0.25, 0.3) is 0 Å². The molecule has 0 saturated heterocycles. The summed E-state index contributed by atoms with van der Waals surface area (Å²) >= 11 is 0. The van der Waals surface area contributed by atoms with Gasteiger partial charge in [-0.25, -0.2) is 4.98 Å². The number of nitrogens with zero attached hydrogens (tertiary/aromatic N) is 2. The van der Waals surface area contributed by atoms with Crippen molar-refractivity contribution >= 4 is 12.0 Å². The van der Waals surface area contributed by atoms with E-state index in [0.29, 0.717) is 13.0 Å². The van der Waals surface area contributed by atoms with Gasteiger partial charge in [-0.3, -0.25) is 4.79 Å². The highest BCUT2D eigenvalue weighted by Crippen LogP contribution is 2.18. The average Bonchev–Trinajstić information content (AvgIpc) is 3.24. The van der Waals surface area contributed by atoms with Gasteiger partial charge in [-0.1, -0.05) is 30.3 Å². The lowest BCUT2D eigenvalue weighted by atomic mass is 10.2. The van der Waals surface area contributed by atoms with Crippen molar-refractivity contribution in [2.24, 2.45) is 7.05 Å². The average molecular weight is 321 g/mol. The van der Waals surface area contributed by atoms with Gasteiger partial charge in [-0.15, -0.1) is 0 Å². The molecule has 122 valence electrons. The first kappa shape index (κ1) is 15.8. The van der Waals surface area contributed by atoms with Crippen molar-refractivity contribution in [3.63, 3.8) is 0 Å². The Bertz CT molecular complexity index is 818. The van der Waals surface area contributed by atoms with Gasteiger partial charge in [0.2, 0.25) is 5.91 Å². The third-order valence-electron chi connectivity index (χ3n) is 3.62. The third-order valence-corrected chi connectivity index (χ3v) is 3.62. The van der Waals surface area contributed by atoms with Gasteiger partial charge >= 0.3 is 0 Å². The quantitative estimate of drug-likeness (QED) is 0.710. The van der Waals surface area contributed by atoms with E-state index in [2.05, 4.69) is 10.3 Å². The minimum atomic E-state index is -0.112. The maximum absolute atomic E-state index is 11.8. The highest BCUT2D eigenvalue weighted by atomic mass is 16.3. The van der Waals surface area contributed by atoms with E-state index in [1.807, 2.05) is 60.3 Å². The lowest BCUT2D eigenvalue weighted by Crippen LogP contribution is -2.24. The lowest BCUT2D eigenvalue weighted by Gasteiger charge is -2.02. The molecule has 0 radical (unpaired) electrons. The van der Waals surface area contributed by atoms with Gasteiger partial charge in [0.1, 0.15) is 11.5 Å². The number of carbonyl (C=O) groups is 1. The SMILES string of the molecule is Cn1cc(-c2ccco2)nc1CCNC(=O)C=Cc1ccccc1. The number of nitrogens with one attached hydrogen (secondary N) is 1. The molecule has 2 heterocycles. The number of hydrogen-bond donors (Lipinski definition) is 1. The molecule has 0 aliphatic heterocycles. The number of amides is 1. The second-order valence-electron chi connectivity index (χ2n) is 5.42. The first-order valence-electron chi connectivity index (χ1n) is 7.79. The monoisotopic (exact) mass is 321 g/mol. The van der Waals surface area contributed by atoms with Crippen LogP contribution in [0.2, 0.25) is 0 Å². The van der Waals surface area contributed by atoms with Crippen molar-refractivity contribution in [1.29, 1.82) is 0 Å². The molecule has 2 aromatic heterocycles. The van der Waals surface area contributed by atoms with Gasteiger partial charge in [0.05, 0.1) is 6.26 Å². The summed E-state index contributed by atoms with van der Waals surface area (Å²) in [5.41, 5.74) is 1.80. The minimum absolute atomic E-state index is 0.112. The molecule has 0 unspecified atom stereocenters. The first-order chi connectivity index (χ1) is 11.7. The van der Waals surface area contributed by atoms with E-state index in [4.69, 9.17) is 4.42 Å². The molecule has 0 aliphatic carbocycles. The predicted octanol–water partition coefficient (Wildman–Crippen LogP) is 3.05. The van der Waals surface area contributed by atoms with Crippen molar-refractivity contribution in [1.82, 2.24) is 14.9 Å². The zero-order valence-electron chi connectivity index (χ0n) is 13.5. The van der Waals surface area contributed by atoms with Gasteiger partial charge in [0, 0.05) is 32.3 Å². The first-order valence-corrected chi connectivity index (χ1v) is 7.79. The number of benzene rings is 1. The van der Waals surface area contributed by atoms with Gasteiger partial charge in [-0.05, 0) is 23.8 Å². The number of aryl methyl sites for hydroxylation is 1. The summed E-state index contributed by atoms with van der Waals surface area (Å²) in [5.74, 6) is 1.53. The summed E-state index contributed by atoms with van der Waals surface area (Å²) in [5, 5.41) is 2.87. The van der Waals surface area contributed by atoms with Crippen molar-refractivity contribution in [2.75, 3.05) is 6.54 Å². The molecule has 3 rings (SSSR count). The smallest absolute Gasteiger partial charge is 0.244 e. The van der Waals surface area contributed by atoms with Gasteiger partial charge in [-0.2, -0.15) is 0 Å². The number of imidazole rings is 1. The van der Waals surface area contributed by atoms with Crippen LogP contribution in [0.5, 0.6) is 0 Å². The highest BCUT2D eigenvalue weighted by molar-refractivity contribution is 5.91. The molecule has 0 atom stereocenters. The highest BCUT2D eigenvalue weighted by Gasteiger charge is 2.09. The Morgan fingerprint density at radius 2 is 2.08 bits per heavy atom. The summed E-state index contributed by atoms with van der Waals surface area (Å²) in [6.45, 7) is 0.528. The molecule has 0 spiro atoms. The predicted molar refractivity (Wildman–Crippen MR) is 93.1 cm³/mol. The Labute approximate surface area is 140 Å². The summed E-state index contributed by atoms with van der Waals surface area (Å²) in [6, 6.07) is 13.4. The van der Waals surface area contributed by atoms with E-state index in [1.54, 1.807) is 18.4 Å². The van der Waals surface area contributed by atoms with Crippen LogP contribution in [-0.4, -0.2) is 22.0 Å². The second kappa shape index (κ2) is 7.46. The molecule has 0 bridgehead atoms. The Morgan fingerprint density at radius 3 is 2.83 bits per heavy atom. The molecule has 1 amide bonds. The molecule has 0 aliphatic rings. The molecule has 0 fully saturated rings. The van der Waals surface area contributed by atoms with E-state index in [1.165, 1.54) is 0 Å². The molecule has 1 aromatic carbocycles. The molecule has 5 nitrogen and oxygen atoms in total. The fourth-order valence-corrected chi connectivity index (χ4v) is 2.37. The zero-order chi connectivity index (χ0) is 16.8. The fraction of sp³-hybridized carbons (Fsp3) is 0.158. The van der Waals surface area contributed by atoms with Crippen LogP contribution in [0.15, 0.2) is 65.4 Å². The van der Waals surface area contributed by atoms with Crippen LogP contribution >= 0.6 is 0 Å². The van der Waals surface area contributed by atoms with Crippen molar-refractivity contribution < 1.29 is 9.21 Å². The van der Waals surface area contributed by atoms with Crippen LogP contribution in [0.25, 0.3) is 17.5 Å². The van der Waals surface area contributed by atoms with Crippen molar-refractivity contribution in [2.45, 2.75) is 6.42 Å². The van der Waals surface area contributed by atoms with Crippen LogP contribution in [0.1, 0.15) is 11.4 Å². The Kier molecular flexibility index (Phi) is 4.91. The van der Waals surface area contributed by atoms with Crippen LogP contribution < -0.4 is 5.32 Å². The second-order valence-corrected chi connectivity index (χ2v) is 5.42. The van der Waals surface area contributed by atoms with E-state index in [0.717, 1.165) is 22.8 Å². The maximum atomic E-state index is 11.8. The standard InChI is InChI=1S/C19H19N3O2/c1-22-14-16(17-8-5-13-24-17)21-18(22)11-12-20-19(23)10-9-15-6-3-2-4-7-15/h2-10,13-14H,11-12H2,1H3,(H,20,23). The van der Waals surface area contributed by atoms with Crippen LogP contribution in [0, 0.1) is 0 Å². The van der Waals surface area contributed by atoms with E-state index in [9.17, 15) is 4.79 Å². The molecule has 1 N–H and O–H groups in total. The molecule has 0 saturated carbocycles. The number of rotatable bonds is 6. The Hall–Kier alpha value is -3.08. The van der Waals surface area contributed by atoms with Crippen molar-refractivity contribution in [3.8, 4) is 11.5 Å². The number of aromatic nitrogens is 2. The number of carbonyl (C=O) groups excluding carboxylic acids is 1. The van der Waals surface area contributed by atoms with E-state index >= 15 is 0 Å². The molecule has 3 aromatic rings. The largest absolute Gasteiger partial charge is 0.463 e. The molecular weight excluding hydrogens is 302 g/mol.